The predicted octanol–water partition coefficient (Wildman–Crippen LogP) is 1.54. The highest BCUT2D eigenvalue weighted by molar-refractivity contribution is 7.90. The quantitative estimate of drug-likeness (QED) is 0.897. The minimum absolute atomic E-state index is 0.309. The first-order valence-electron chi connectivity index (χ1n) is 5.86. The van der Waals surface area contributed by atoms with Gasteiger partial charge in [0.15, 0.2) is 9.84 Å². The van der Waals surface area contributed by atoms with Crippen molar-refractivity contribution in [2.75, 3.05) is 30.8 Å². The van der Waals surface area contributed by atoms with E-state index in [9.17, 15) is 8.42 Å². The number of hydrogen-bond acceptors (Lipinski definition) is 4. The fraction of sp³-hybridized carbons (Fsp3) is 0.500. The molecule has 1 atom stereocenters. The van der Waals surface area contributed by atoms with Crippen molar-refractivity contribution in [1.29, 1.82) is 0 Å². The molecule has 1 aliphatic heterocycles. The number of rotatable bonds is 2. The molecule has 0 aromatic heterocycles. The summed E-state index contributed by atoms with van der Waals surface area (Å²) in [4.78, 5) is 2.40. The first-order chi connectivity index (χ1) is 8.38. The highest BCUT2D eigenvalue weighted by Crippen LogP contribution is 2.29. The fourth-order valence-electron chi connectivity index (χ4n) is 2.20. The van der Waals surface area contributed by atoms with Crippen LogP contribution in [0.4, 0.5) is 5.69 Å². The van der Waals surface area contributed by atoms with Gasteiger partial charge in [0, 0.05) is 37.0 Å². The van der Waals surface area contributed by atoms with Gasteiger partial charge in [0.1, 0.15) is 0 Å². The third-order valence-electron chi connectivity index (χ3n) is 3.03. The average Bonchev–Trinajstić information content (AvgIpc) is 2.27. The van der Waals surface area contributed by atoms with Crippen molar-refractivity contribution in [3.63, 3.8) is 0 Å². The molecule has 0 aliphatic carbocycles. The van der Waals surface area contributed by atoms with E-state index in [0.29, 0.717) is 16.0 Å². The van der Waals surface area contributed by atoms with Crippen LogP contribution in [-0.2, 0) is 9.84 Å². The zero-order valence-electron chi connectivity index (χ0n) is 10.5. The Balaban J connectivity index is 2.44. The van der Waals surface area contributed by atoms with Gasteiger partial charge in [-0.2, -0.15) is 0 Å². The molecular formula is C12H17ClN2O2S. The average molecular weight is 289 g/mol. The second-order valence-electron chi connectivity index (χ2n) is 4.69. The van der Waals surface area contributed by atoms with Gasteiger partial charge in [-0.25, -0.2) is 8.42 Å². The lowest BCUT2D eigenvalue weighted by atomic mass is 10.2. The Kier molecular flexibility index (Phi) is 3.84. The minimum atomic E-state index is -3.27. The van der Waals surface area contributed by atoms with Gasteiger partial charge in [-0.05, 0) is 25.1 Å². The number of nitrogens with one attached hydrogen (secondary N) is 1. The molecular weight excluding hydrogens is 272 g/mol. The van der Waals surface area contributed by atoms with Crippen LogP contribution in [0.5, 0.6) is 0 Å². The number of benzene rings is 1. The zero-order chi connectivity index (χ0) is 13.3. The van der Waals surface area contributed by atoms with Crippen LogP contribution in [-0.4, -0.2) is 40.3 Å². The number of sulfone groups is 1. The summed E-state index contributed by atoms with van der Waals surface area (Å²) >= 11 is 5.90. The molecule has 1 unspecified atom stereocenters. The fourth-order valence-corrected chi connectivity index (χ4v) is 3.35. The Morgan fingerprint density at radius 2 is 2.17 bits per heavy atom. The van der Waals surface area contributed by atoms with Gasteiger partial charge >= 0.3 is 0 Å². The van der Waals surface area contributed by atoms with Crippen LogP contribution in [0.15, 0.2) is 23.1 Å². The lowest BCUT2D eigenvalue weighted by Crippen LogP contribution is -2.49. The molecule has 1 saturated heterocycles. The van der Waals surface area contributed by atoms with Crippen LogP contribution in [0.1, 0.15) is 6.92 Å². The van der Waals surface area contributed by atoms with E-state index in [0.717, 1.165) is 25.3 Å². The molecule has 1 aromatic carbocycles. The van der Waals surface area contributed by atoms with E-state index < -0.39 is 9.84 Å². The van der Waals surface area contributed by atoms with E-state index in [1.165, 1.54) is 12.3 Å². The van der Waals surface area contributed by atoms with Crippen molar-refractivity contribution in [2.24, 2.45) is 0 Å². The van der Waals surface area contributed by atoms with E-state index >= 15 is 0 Å². The molecule has 1 N–H and O–H groups in total. The first-order valence-corrected chi connectivity index (χ1v) is 8.13. The van der Waals surface area contributed by atoms with Crippen LogP contribution in [0.3, 0.4) is 0 Å². The maximum absolute atomic E-state index is 11.8. The SMILES string of the molecule is CC1CN(c2ccc(Cl)cc2S(C)(=O)=O)CCN1. The van der Waals surface area contributed by atoms with Gasteiger partial charge in [0.25, 0.3) is 0 Å². The topological polar surface area (TPSA) is 49.4 Å². The Labute approximate surface area is 113 Å². The molecule has 0 radical (unpaired) electrons. The Hall–Kier alpha value is -0.780. The molecule has 0 amide bonds. The van der Waals surface area contributed by atoms with Crippen molar-refractivity contribution < 1.29 is 8.42 Å². The van der Waals surface area contributed by atoms with Gasteiger partial charge in [0.2, 0.25) is 0 Å². The van der Waals surface area contributed by atoms with Crippen LogP contribution in [0.2, 0.25) is 5.02 Å². The summed E-state index contributed by atoms with van der Waals surface area (Å²) in [7, 11) is -3.27. The summed E-state index contributed by atoms with van der Waals surface area (Å²) in [5, 5.41) is 3.78. The van der Waals surface area contributed by atoms with Crippen molar-refractivity contribution in [3.8, 4) is 0 Å². The summed E-state index contributed by atoms with van der Waals surface area (Å²) in [6.07, 6.45) is 1.22. The molecule has 18 heavy (non-hydrogen) atoms. The molecule has 0 bridgehead atoms. The maximum atomic E-state index is 11.8. The molecule has 1 heterocycles. The minimum Gasteiger partial charge on any atom is -0.368 e. The van der Waals surface area contributed by atoms with Crippen LogP contribution >= 0.6 is 11.6 Å². The number of nitrogens with zero attached hydrogens (tertiary/aromatic N) is 1. The van der Waals surface area contributed by atoms with E-state index in [4.69, 9.17) is 11.6 Å². The highest BCUT2D eigenvalue weighted by Gasteiger charge is 2.22. The molecule has 0 saturated carbocycles. The zero-order valence-corrected chi connectivity index (χ0v) is 12.1. The lowest BCUT2D eigenvalue weighted by molar-refractivity contribution is 0.483. The second kappa shape index (κ2) is 5.07. The van der Waals surface area contributed by atoms with E-state index in [1.54, 1.807) is 12.1 Å². The van der Waals surface area contributed by atoms with Crippen molar-refractivity contribution >= 4 is 27.1 Å². The Morgan fingerprint density at radius 1 is 1.44 bits per heavy atom. The van der Waals surface area contributed by atoms with Gasteiger partial charge in [0.05, 0.1) is 10.6 Å². The molecule has 1 aliphatic rings. The Morgan fingerprint density at radius 3 is 2.78 bits per heavy atom. The number of piperazine rings is 1. The largest absolute Gasteiger partial charge is 0.368 e. The predicted molar refractivity (Wildman–Crippen MR) is 74.2 cm³/mol. The van der Waals surface area contributed by atoms with E-state index in [1.807, 2.05) is 0 Å². The van der Waals surface area contributed by atoms with Crippen molar-refractivity contribution in [3.05, 3.63) is 23.2 Å². The maximum Gasteiger partial charge on any atom is 0.177 e. The molecule has 1 fully saturated rings. The molecule has 1 aromatic rings. The molecule has 6 heteroatoms. The second-order valence-corrected chi connectivity index (χ2v) is 7.11. The highest BCUT2D eigenvalue weighted by atomic mass is 35.5. The number of halogens is 1. The molecule has 4 nitrogen and oxygen atoms in total. The lowest BCUT2D eigenvalue weighted by Gasteiger charge is -2.34. The summed E-state index contributed by atoms with van der Waals surface area (Å²) in [5.74, 6) is 0. The van der Waals surface area contributed by atoms with Crippen LogP contribution < -0.4 is 10.2 Å². The van der Waals surface area contributed by atoms with Gasteiger partial charge in [-0.3, -0.25) is 0 Å². The van der Waals surface area contributed by atoms with Gasteiger partial charge in [-0.15, -0.1) is 0 Å². The third-order valence-corrected chi connectivity index (χ3v) is 4.39. The molecule has 0 spiro atoms. The monoisotopic (exact) mass is 288 g/mol. The summed E-state index contributed by atoms with van der Waals surface area (Å²) in [6, 6.07) is 5.40. The van der Waals surface area contributed by atoms with E-state index in [2.05, 4.69) is 17.1 Å². The molecule has 2 rings (SSSR count). The Bertz CT molecular complexity index is 545. The molecule has 100 valence electrons. The van der Waals surface area contributed by atoms with Crippen molar-refractivity contribution in [2.45, 2.75) is 17.9 Å². The van der Waals surface area contributed by atoms with Crippen LogP contribution in [0, 0.1) is 0 Å². The number of hydrogen-bond donors (Lipinski definition) is 1. The summed E-state index contributed by atoms with van der Waals surface area (Å²) < 4.78 is 23.7. The summed E-state index contributed by atoms with van der Waals surface area (Å²) in [5.41, 5.74) is 0.746. The first kappa shape index (κ1) is 13.6. The standard InChI is InChI=1S/C12H17ClN2O2S/c1-9-8-15(6-5-14-9)11-4-3-10(13)7-12(11)18(2,16)17/h3-4,7,9,14H,5-6,8H2,1-2H3. The van der Waals surface area contributed by atoms with E-state index in [-0.39, 0.29) is 0 Å². The third kappa shape index (κ3) is 2.96. The smallest absolute Gasteiger partial charge is 0.177 e. The van der Waals surface area contributed by atoms with Crippen molar-refractivity contribution in [1.82, 2.24) is 5.32 Å². The summed E-state index contributed by atoms with van der Waals surface area (Å²) in [6.45, 7) is 4.54. The van der Waals surface area contributed by atoms with Gasteiger partial charge in [-0.1, -0.05) is 11.6 Å². The van der Waals surface area contributed by atoms with Gasteiger partial charge < -0.3 is 10.2 Å². The van der Waals surface area contributed by atoms with Crippen LogP contribution in [0.25, 0.3) is 0 Å². The number of anilines is 1. The normalized spacial score (nSPS) is 21.1.